The van der Waals surface area contributed by atoms with E-state index in [4.69, 9.17) is 0 Å². The number of fused-ring (bicyclic) bond motifs is 1. The van der Waals surface area contributed by atoms with Crippen LogP contribution in [0.25, 0.3) is 0 Å². The summed E-state index contributed by atoms with van der Waals surface area (Å²) in [6.45, 7) is 2.77. The fourth-order valence-corrected chi connectivity index (χ4v) is 3.49. The summed E-state index contributed by atoms with van der Waals surface area (Å²) in [6.07, 6.45) is -12.2. The van der Waals surface area contributed by atoms with Gasteiger partial charge in [0.1, 0.15) is 5.56 Å². The monoisotopic (exact) mass is 480 g/mol. The number of hydrogen-bond acceptors (Lipinski definition) is 5. The van der Waals surface area contributed by atoms with Crippen LogP contribution in [-0.4, -0.2) is 32.7 Å². The molecule has 0 radical (unpaired) electrons. The Kier molecular flexibility index (Phi) is 5.63. The highest BCUT2D eigenvalue weighted by atomic mass is 19.4. The van der Waals surface area contributed by atoms with Crippen LogP contribution in [0.3, 0.4) is 0 Å². The summed E-state index contributed by atoms with van der Waals surface area (Å²) in [7, 11) is 0. The van der Waals surface area contributed by atoms with Crippen molar-refractivity contribution in [3.05, 3.63) is 66.3 Å². The van der Waals surface area contributed by atoms with E-state index in [1.54, 1.807) is 13.8 Å². The van der Waals surface area contributed by atoms with Gasteiger partial charge >= 0.3 is 23.6 Å². The third-order valence-corrected chi connectivity index (χ3v) is 4.87. The van der Waals surface area contributed by atoms with Crippen molar-refractivity contribution in [2.24, 2.45) is 5.92 Å². The molecule has 15 heteroatoms. The number of non-ortho nitro benzene ring substituents is 1. The molecule has 0 atom stereocenters. The minimum atomic E-state index is -6.11. The van der Waals surface area contributed by atoms with E-state index in [2.05, 4.69) is 5.32 Å². The van der Waals surface area contributed by atoms with Gasteiger partial charge in [0, 0.05) is 18.7 Å². The molecule has 2 heterocycles. The maximum absolute atomic E-state index is 14.2. The van der Waals surface area contributed by atoms with Crippen LogP contribution in [0.15, 0.2) is 33.9 Å². The summed E-state index contributed by atoms with van der Waals surface area (Å²) < 4.78 is 85.6. The van der Waals surface area contributed by atoms with Gasteiger partial charge in [-0.1, -0.05) is 19.9 Å². The Balaban J connectivity index is 2.49. The normalized spacial score (nSPS) is 15.6. The van der Waals surface area contributed by atoms with Gasteiger partial charge in [0.25, 0.3) is 17.1 Å². The van der Waals surface area contributed by atoms with Crippen molar-refractivity contribution in [1.29, 1.82) is 0 Å². The number of nitrogens with one attached hydrogen (secondary N) is 3. The lowest BCUT2D eigenvalue weighted by molar-refractivity contribution is -0.658. The average molecular weight is 480 g/mol. The first-order chi connectivity index (χ1) is 15.1. The second-order valence-electron chi connectivity index (χ2n) is 7.67. The summed E-state index contributed by atoms with van der Waals surface area (Å²) >= 11 is 0. The van der Waals surface area contributed by atoms with Crippen LogP contribution >= 0.6 is 0 Å². The Morgan fingerprint density at radius 1 is 1.15 bits per heavy atom. The standard InChI is InChI=1S/C18H15F6N5O4/c1-8(2)7-28-13-11(14(30)26-15(28)31)16(17(19,20)21,18(22,23)24)27-12(25-13)9-4-3-5-10(6-9)29(32)33/h3-6,8H,7H2,1-2H3,(H,25,27)(H,26,30,31)/p+1. The second-order valence-corrected chi connectivity index (χ2v) is 7.67. The molecule has 2 aromatic rings. The van der Waals surface area contributed by atoms with Gasteiger partial charge in [-0.3, -0.25) is 24.5 Å². The maximum Gasteiger partial charge on any atom is 0.446 e. The van der Waals surface area contributed by atoms with E-state index in [1.165, 1.54) is 9.98 Å². The highest BCUT2D eigenvalue weighted by Gasteiger charge is 2.78. The van der Waals surface area contributed by atoms with Gasteiger partial charge in [-0.15, -0.1) is 0 Å². The molecule has 1 aromatic carbocycles. The molecule has 33 heavy (non-hydrogen) atoms. The predicted octanol–water partition coefficient (Wildman–Crippen LogP) is 1.37. The van der Waals surface area contributed by atoms with Crippen molar-refractivity contribution >= 4 is 17.3 Å². The summed E-state index contributed by atoms with van der Waals surface area (Å²) in [6, 6.07) is 3.82. The zero-order chi connectivity index (χ0) is 24.9. The summed E-state index contributed by atoms with van der Waals surface area (Å²) in [4.78, 5) is 37.7. The van der Waals surface area contributed by atoms with E-state index in [-0.39, 0.29) is 6.54 Å². The second kappa shape index (κ2) is 7.74. The molecule has 0 amide bonds. The summed E-state index contributed by atoms with van der Waals surface area (Å²) in [5.41, 5.74) is -10.9. The van der Waals surface area contributed by atoms with Crippen LogP contribution in [0.4, 0.5) is 37.8 Å². The van der Waals surface area contributed by atoms with E-state index in [1.807, 2.05) is 0 Å². The number of nitro benzene ring substituents is 1. The fraction of sp³-hybridized carbons (Fsp3) is 0.389. The third kappa shape index (κ3) is 3.87. The summed E-state index contributed by atoms with van der Waals surface area (Å²) in [5.74, 6) is -2.36. The molecular formula is C18H16F6N5O4+. The first-order valence-electron chi connectivity index (χ1n) is 9.28. The van der Waals surface area contributed by atoms with Gasteiger partial charge in [-0.25, -0.2) is 15.1 Å². The minimum absolute atomic E-state index is 0.334. The van der Waals surface area contributed by atoms with E-state index in [0.717, 1.165) is 24.3 Å². The van der Waals surface area contributed by atoms with Crippen LogP contribution in [0.1, 0.15) is 25.0 Å². The molecule has 0 fully saturated rings. The quantitative estimate of drug-likeness (QED) is 0.347. The van der Waals surface area contributed by atoms with Crippen molar-refractivity contribution in [1.82, 2.24) is 9.55 Å². The average Bonchev–Trinajstić information content (AvgIpc) is 2.68. The Hall–Kier alpha value is -3.65. The van der Waals surface area contributed by atoms with Crippen molar-refractivity contribution < 1.29 is 36.3 Å². The molecular weight excluding hydrogens is 464 g/mol. The zero-order valence-electron chi connectivity index (χ0n) is 16.9. The van der Waals surface area contributed by atoms with E-state index >= 15 is 0 Å². The molecule has 0 spiro atoms. The number of aromatic amines is 1. The Morgan fingerprint density at radius 2 is 1.76 bits per heavy atom. The minimum Gasteiger partial charge on any atom is -0.273 e. The molecule has 9 nitrogen and oxygen atoms in total. The fourth-order valence-electron chi connectivity index (χ4n) is 3.49. The molecule has 1 aliphatic rings. The van der Waals surface area contributed by atoms with Crippen LogP contribution in [0.2, 0.25) is 0 Å². The molecule has 1 aromatic heterocycles. The molecule has 3 N–H and O–H groups in total. The molecule has 0 saturated heterocycles. The van der Waals surface area contributed by atoms with Gasteiger partial charge in [0.15, 0.2) is 0 Å². The third-order valence-electron chi connectivity index (χ3n) is 4.87. The van der Waals surface area contributed by atoms with Crippen molar-refractivity contribution in [3.63, 3.8) is 0 Å². The number of halogens is 6. The van der Waals surface area contributed by atoms with Gasteiger partial charge in [0.05, 0.1) is 10.5 Å². The van der Waals surface area contributed by atoms with E-state index < -0.39 is 68.4 Å². The van der Waals surface area contributed by atoms with Crippen LogP contribution in [0.5, 0.6) is 0 Å². The maximum atomic E-state index is 14.2. The summed E-state index contributed by atoms with van der Waals surface area (Å²) in [5, 5.41) is 13.3. The Morgan fingerprint density at radius 3 is 2.27 bits per heavy atom. The SMILES string of the molecule is CC(C)Cn1c2c(c(=O)[nH]c1=O)C(C(F)(F)F)(C(F)(F)F)[NH+]=C(c1cccc([N+](=O)[O-])c1)N2. The lowest BCUT2D eigenvalue weighted by Crippen LogP contribution is -2.97. The van der Waals surface area contributed by atoms with Crippen molar-refractivity contribution in [3.8, 4) is 0 Å². The number of nitrogens with zero attached hydrogens (tertiary/aromatic N) is 2. The smallest absolute Gasteiger partial charge is 0.273 e. The first-order valence-corrected chi connectivity index (χ1v) is 9.28. The lowest BCUT2D eigenvalue weighted by atomic mass is 9.87. The first kappa shape index (κ1) is 24.0. The van der Waals surface area contributed by atoms with Gasteiger partial charge < -0.3 is 0 Å². The number of anilines is 1. The van der Waals surface area contributed by atoms with Gasteiger partial charge in [0.2, 0.25) is 5.82 Å². The topological polar surface area (TPSA) is 124 Å². The van der Waals surface area contributed by atoms with Crippen LogP contribution in [0, 0.1) is 16.0 Å². The van der Waals surface area contributed by atoms with Gasteiger partial charge in [-0.2, -0.15) is 26.3 Å². The van der Waals surface area contributed by atoms with Crippen LogP contribution < -0.4 is 21.6 Å². The van der Waals surface area contributed by atoms with Gasteiger partial charge in [-0.05, 0) is 12.0 Å². The molecule has 0 saturated carbocycles. The molecule has 3 rings (SSSR count). The van der Waals surface area contributed by atoms with Crippen molar-refractivity contribution in [2.75, 3.05) is 5.32 Å². The number of rotatable bonds is 4. The molecule has 0 aliphatic carbocycles. The highest BCUT2D eigenvalue weighted by Crippen LogP contribution is 2.48. The number of hydrogen-bond donors (Lipinski definition) is 3. The highest BCUT2D eigenvalue weighted by molar-refractivity contribution is 6.05. The molecule has 178 valence electrons. The lowest BCUT2D eigenvalue weighted by Gasteiger charge is -2.35. The molecule has 0 bridgehead atoms. The van der Waals surface area contributed by atoms with Crippen LogP contribution in [-0.2, 0) is 12.1 Å². The molecule has 1 aliphatic heterocycles. The Bertz CT molecular complexity index is 1240. The van der Waals surface area contributed by atoms with E-state index in [9.17, 15) is 46.0 Å². The largest absolute Gasteiger partial charge is 0.446 e. The van der Waals surface area contributed by atoms with Crippen molar-refractivity contribution in [2.45, 2.75) is 38.3 Å². The molecule has 0 unspecified atom stereocenters. The zero-order valence-corrected chi connectivity index (χ0v) is 16.9. The number of amidine groups is 1. The number of nitro groups is 1. The predicted molar refractivity (Wildman–Crippen MR) is 102 cm³/mol. The number of H-pyrrole nitrogens is 1. The number of aromatic nitrogens is 2. The number of alkyl halides is 6. The van der Waals surface area contributed by atoms with E-state index in [0.29, 0.717) is 4.57 Å². The Labute approximate surface area is 179 Å². The number of benzene rings is 1.